The average molecular weight is 411 g/mol. The number of phenolic OH excluding ortho intramolecular Hbond substituents is 1. The Balaban J connectivity index is 1.60. The van der Waals surface area contributed by atoms with Gasteiger partial charge in [-0.15, -0.1) is 0 Å². The summed E-state index contributed by atoms with van der Waals surface area (Å²) in [5.74, 6) is 0.321. The van der Waals surface area contributed by atoms with E-state index in [0.29, 0.717) is 5.75 Å². The van der Waals surface area contributed by atoms with Crippen LogP contribution in [0.4, 0.5) is 0 Å². The first kappa shape index (κ1) is 18.7. The van der Waals surface area contributed by atoms with Gasteiger partial charge in [-0.25, -0.2) is 0 Å². The van der Waals surface area contributed by atoms with Gasteiger partial charge in [0.15, 0.2) is 0 Å². The second kappa shape index (κ2) is 7.55. The molecule has 152 valence electrons. The molecule has 0 fully saturated rings. The molecule has 5 aromatic rings. The topological polar surface area (TPSA) is 20.2 Å². The van der Waals surface area contributed by atoms with Gasteiger partial charge in [0.05, 0.1) is 0 Å². The van der Waals surface area contributed by atoms with Gasteiger partial charge in [-0.05, 0) is 63.1 Å². The lowest BCUT2D eigenvalue weighted by molar-refractivity contribution is 0.479. The lowest BCUT2D eigenvalue weighted by atomic mass is 9.89. The largest absolute Gasteiger partial charge is 0.507 e. The lowest BCUT2D eigenvalue weighted by Gasteiger charge is -2.16. The van der Waals surface area contributed by atoms with Crippen LogP contribution in [0.3, 0.4) is 0 Å². The van der Waals surface area contributed by atoms with Crippen LogP contribution in [-0.2, 0) is 6.42 Å². The molecule has 1 nitrogen and oxygen atoms in total. The summed E-state index contributed by atoms with van der Waals surface area (Å²) >= 11 is 0. The summed E-state index contributed by atoms with van der Waals surface area (Å²) in [7, 11) is 0. The van der Waals surface area contributed by atoms with E-state index in [9.17, 15) is 5.11 Å². The van der Waals surface area contributed by atoms with Gasteiger partial charge in [0, 0.05) is 11.1 Å². The maximum absolute atomic E-state index is 11.3. The zero-order valence-corrected chi connectivity index (χ0v) is 17.6. The van der Waals surface area contributed by atoms with E-state index in [1.165, 1.54) is 27.8 Å². The third kappa shape index (κ3) is 3.02. The molecular formula is C31H22O. The average Bonchev–Trinajstić information content (AvgIpc) is 3.24. The Morgan fingerprint density at radius 3 is 1.62 bits per heavy atom. The molecule has 0 atom stereocenters. The Kier molecular flexibility index (Phi) is 4.40. The predicted molar refractivity (Wildman–Crippen MR) is 133 cm³/mol. The van der Waals surface area contributed by atoms with Crippen molar-refractivity contribution in [1.29, 1.82) is 0 Å². The van der Waals surface area contributed by atoms with Crippen LogP contribution in [-0.4, -0.2) is 5.11 Å². The maximum Gasteiger partial charge on any atom is 0.131 e. The quantitative estimate of drug-likeness (QED) is 0.314. The van der Waals surface area contributed by atoms with Gasteiger partial charge in [0.2, 0.25) is 0 Å². The van der Waals surface area contributed by atoms with Crippen LogP contribution < -0.4 is 0 Å². The predicted octanol–water partition coefficient (Wildman–Crippen LogP) is 7.96. The number of phenols is 1. The zero-order valence-electron chi connectivity index (χ0n) is 17.6. The summed E-state index contributed by atoms with van der Waals surface area (Å²) in [5.41, 5.74) is 11.5. The van der Waals surface area contributed by atoms with Crippen LogP contribution in [0, 0.1) is 0 Å². The molecule has 1 heteroatoms. The van der Waals surface area contributed by atoms with E-state index >= 15 is 0 Å². The minimum atomic E-state index is 0.321. The molecule has 0 saturated carbocycles. The SMILES string of the molecule is Oc1c(-c2ccccc2)cc(-c2cccc3c2Cc2ccccc2-3)cc1-c1ccccc1. The van der Waals surface area contributed by atoms with Crippen molar-refractivity contribution in [1.82, 2.24) is 0 Å². The maximum atomic E-state index is 11.3. The molecular weight excluding hydrogens is 388 g/mol. The van der Waals surface area contributed by atoms with E-state index in [1.807, 2.05) is 36.4 Å². The van der Waals surface area contributed by atoms with Crippen LogP contribution in [0.25, 0.3) is 44.5 Å². The van der Waals surface area contributed by atoms with E-state index in [2.05, 4.69) is 78.9 Å². The molecule has 0 amide bonds. The first-order valence-corrected chi connectivity index (χ1v) is 11.0. The van der Waals surface area contributed by atoms with Gasteiger partial charge in [-0.1, -0.05) is 103 Å². The molecule has 1 N–H and O–H groups in total. The smallest absolute Gasteiger partial charge is 0.131 e. The molecule has 0 aliphatic heterocycles. The Morgan fingerprint density at radius 2 is 0.969 bits per heavy atom. The minimum Gasteiger partial charge on any atom is -0.507 e. The number of fused-ring (bicyclic) bond motifs is 3. The van der Waals surface area contributed by atoms with E-state index in [0.717, 1.165) is 34.2 Å². The number of hydrogen-bond acceptors (Lipinski definition) is 1. The summed E-state index contributed by atoms with van der Waals surface area (Å²) < 4.78 is 0. The molecule has 0 aromatic heterocycles. The van der Waals surface area contributed by atoms with Crippen molar-refractivity contribution in [3.05, 3.63) is 126 Å². The van der Waals surface area contributed by atoms with Crippen LogP contribution in [0.2, 0.25) is 0 Å². The van der Waals surface area contributed by atoms with Crippen molar-refractivity contribution in [2.75, 3.05) is 0 Å². The number of hydrogen-bond donors (Lipinski definition) is 1. The van der Waals surface area contributed by atoms with Crippen LogP contribution in [0.5, 0.6) is 5.75 Å². The Bertz CT molecular complexity index is 1370. The fourth-order valence-corrected chi connectivity index (χ4v) is 4.89. The summed E-state index contributed by atoms with van der Waals surface area (Å²) in [5, 5.41) is 11.3. The molecule has 0 heterocycles. The highest BCUT2D eigenvalue weighted by Crippen LogP contribution is 2.45. The van der Waals surface area contributed by atoms with Gasteiger partial charge in [0.25, 0.3) is 0 Å². The summed E-state index contributed by atoms with van der Waals surface area (Å²) in [6.45, 7) is 0. The Labute approximate surface area is 188 Å². The monoisotopic (exact) mass is 410 g/mol. The first-order chi connectivity index (χ1) is 15.8. The van der Waals surface area contributed by atoms with E-state index in [-0.39, 0.29) is 0 Å². The number of benzene rings is 5. The zero-order chi connectivity index (χ0) is 21.5. The van der Waals surface area contributed by atoms with Crippen molar-refractivity contribution in [2.45, 2.75) is 6.42 Å². The second-order valence-corrected chi connectivity index (χ2v) is 8.32. The molecule has 1 aliphatic carbocycles. The van der Waals surface area contributed by atoms with Crippen molar-refractivity contribution < 1.29 is 5.11 Å². The minimum absolute atomic E-state index is 0.321. The third-order valence-corrected chi connectivity index (χ3v) is 6.44. The second-order valence-electron chi connectivity index (χ2n) is 8.32. The van der Waals surface area contributed by atoms with E-state index < -0.39 is 0 Å². The molecule has 5 aromatic carbocycles. The number of rotatable bonds is 3. The highest BCUT2D eigenvalue weighted by Gasteiger charge is 2.22. The molecule has 0 saturated heterocycles. The number of aromatic hydroxyl groups is 1. The van der Waals surface area contributed by atoms with Crippen LogP contribution >= 0.6 is 0 Å². The summed E-state index contributed by atoms with van der Waals surface area (Å²) in [4.78, 5) is 0. The highest BCUT2D eigenvalue weighted by atomic mass is 16.3. The van der Waals surface area contributed by atoms with Gasteiger partial charge < -0.3 is 5.11 Å². The molecule has 32 heavy (non-hydrogen) atoms. The van der Waals surface area contributed by atoms with Crippen molar-refractivity contribution >= 4 is 0 Å². The molecule has 0 unspecified atom stereocenters. The van der Waals surface area contributed by atoms with Crippen molar-refractivity contribution in [3.63, 3.8) is 0 Å². The molecule has 0 bridgehead atoms. The fourth-order valence-electron chi connectivity index (χ4n) is 4.89. The summed E-state index contributed by atoms with van der Waals surface area (Å²) in [6, 6.07) is 39.8. The van der Waals surface area contributed by atoms with Crippen molar-refractivity contribution in [2.24, 2.45) is 0 Å². The van der Waals surface area contributed by atoms with Crippen molar-refractivity contribution in [3.8, 4) is 50.3 Å². The van der Waals surface area contributed by atoms with Crippen LogP contribution in [0.15, 0.2) is 115 Å². The first-order valence-electron chi connectivity index (χ1n) is 11.0. The molecule has 0 radical (unpaired) electrons. The van der Waals surface area contributed by atoms with Gasteiger partial charge in [-0.2, -0.15) is 0 Å². The van der Waals surface area contributed by atoms with Gasteiger partial charge >= 0.3 is 0 Å². The standard InChI is InChI=1S/C31H22O/c32-31-28(21-10-3-1-4-11-21)19-24(20-29(31)22-12-5-2-6-13-22)26-16-9-17-27-25-15-8-7-14-23(25)18-30(26)27/h1-17,19-20,32H,18H2. The normalized spacial score (nSPS) is 11.8. The Morgan fingerprint density at radius 1 is 0.438 bits per heavy atom. The van der Waals surface area contributed by atoms with E-state index in [4.69, 9.17) is 0 Å². The van der Waals surface area contributed by atoms with Gasteiger partial charge in [-0.3, -0.25) is 0 Å². The molecule has 6 rings (SSSR count). The summed E-state index contributed by atoms with van der Waals surface area (Å²) in [6.07, 6.45) is 0.934. The highest BCUT2D eigenvalue weighted by molar-refractivity contribution is 5.91. The van der Waals surface area contributed by atoms with Crippen LogP contribution in [0.1, 0.15) is 11.1 Å². The van der Waals surface area contributed by atoms with Gasteiger partial charge in [0.1, 0.15) is 5.75 Å². The molecule has 1 aliphatic rings. The third-order valence-electron chi connectivity index (χ3n) is 6.44. The molecule has 0 spiro atoms. The Hall–Kier alpha value is -4.10. The fraction of sp³-hybridized carbons (Fsp3) is 0.0323. The van der Waals surface area contributed by atoms with E-state index in [1.54, 1.807) is 0 Å². The lowest BCUT2D eigenvalue weighted by Crippen LogP contribution is -1.91.